The Hall–Kier alpha value is -1.35. The Morgan fingerprint density at radius 3 is 2.67 bits per heavy atom. The van der Waals surface area contributed by atoms with Crippen molar-refractivity contribution < 1.29 is 4.39 Å². The molecule has 0 fully saturated rings. The van der Waals surface area contributed by atoms with Gasteiger partial charge in [-0.05, 0) is 38.1 Å². The Kier molecular flexibility index (Phi) is 5.35. The molecule has 1 N–H and O–H groups in total. The summed E-state index contributed by atoms with van der Waals surface area (Å²) in [7, 11) is 1.88. The fourth-order valence-corrected chi connectivity index (χ4v) is 2.02. The monoisotopic (exact) mass is 250 g/mol. The Balaban J connectivity index is 2.88. The third kappa shape index (κ3) is 3.84. The van der Waals surface area contributed by atoms with Crippen LogP contribution < -0.4 is 10.2 Å². The van der Waals surface area contributed by atoms with Gasteiger partial charge in [-0.25, -0.2) is 4.39 Å². The van der Waals surface area contributed by atoms with Crippen LogP contribution in [0.15, 0.2) is 30.4 Å². The van der Waals surface area contributed by atoms with Gasteiger partial charge >= 0.3 is 0 Å². The number of hydrogen-bond acceptors (Lipinski definition) is 2. The molecule has 18 heavy (non-hydrogen) atoms. The van der Waals surface area contributed by atoms with Crippen molar-refractivity contribution in [2.45, 2.75) is 26.8 Å². The predicted molar refractivity (Wildman–Crippen MR) is 76.6 cm³/mol. The number of nitrogens with zero attached hydrogens (tertiary/aromatic N) is 1. The molecule has 0 aliphatic carbocycles. The van der Waals surface area contributed by atoms with E-state index in [4.69, 9.17) is 0 Å². The van der Waals surface area contributed by atoms with Crippen molar-refractivity contribution in [1.82, 2.24) is 5.32 Å². The first-order valence-electron chi connectivity index (χ1n) is 6.34. The topological polar surface area (TPSA) is 15.3 Å². The van der Waals surface area contributed by atoms with Crippen LogP contribution in [-0.4, -0.2) is 20.1 Å². The zero-order chi connectivity index (χ0) is 13.7. The number of likely N-dealkylation sites (N-methyl/N-ethyl adjacent to an activating group) is 1. The second-order valence-corrected chi connectivity index (χ2v) is 4.80. The third-order valence-electron chi connectivity index (χ3n) is 2.90. The summed E-state index contributed by atoms with van der Waals surface area (Å²) in [6, 6.07) is 5.59. The molecule has 0 spiro atoms. The van der Waals surface area contributed by atoms with E-state index in [1.165, 1.54) is 0 Å². The molecule has 0 saturated carbocycles. The van der Waals surface area contributed by atoms with E-state index in [1.54, 1.807) is 6.07 Å². The molecule has 0 aromatic heterocycles. The lowest BCUT2D eigenvalue weighted by Gasteiger charge is -2.21. The van der Waals surface area contributed by atoms with E-state index < -0.39 is 0 Å². The molecule has 1 atom stereocenters. The summed E-state index contributed by atoms with van der Waals surface area (Å²) in [4.78, 5) is 1.87. The summed E-state index contributed by atoms with van der Waals surface area (Å²) >= 11 is 0. The average molecular weight is 250 g/mol. The van der Waals surface area contributed by atoms with Crippen LogP contribution in [0.2, 0.25) is 0 Å². The van der Waals surface area contributed by atoms with Gasteiger partial charge in [-0.2, -0.15) is 0 Å². The molecule has 0 saturated heterocycles. The molecule has 2 nitrogen and oxygen atoms in total. The first-order valence-corrected chi connectivity index (χ1v) is 6.34. The highest BCUT2D eigenvalue weighted by Gasteiger charge is 2.11. The molecule has 1 aromatic carbocycles. The fourth-order valence-electron chi connectivity index (χ4n) is 2.02. The van der Waals surface area contributed by atoms with E-state index >= 15 is 0 Å². The van der Waals surface area contributed by atoms with E-state index in [9.17, 15) is 4.39 Å². The Morgan fingerprint density at radius 2 is 2.17 bits per heavy atom. The number of halogens is 1. The van der Waals surface area contributed by atoms with Crippen molar-refractivity contribution in [2.75, 3.05) is 25.0 Å². The molecule has 1 aromatic rings. The molecular formula is C15H23FN2. The summed E-state index contributed by atoms with van der Waals surface area (Å²) in [6.07, 6.45) is 0. The van der Waals surface area contributed by atoms with Crippen LogP contribution in [0.3, 0.4) is 0 Å². The Bertz CT molecular complexity index is 415. The van der Waals surface area contributed by atoms with Crippen LogP contribution >= 0.6 is 0 Å². The molecular weight excluding hydrogens is 227 g/mol. The summed E-state index contributed by atoms with van der Waals surface area (Å²) in [5, 5.41) is 3.28. The summed E-state index contributed by atoms with van der Waals surface area (Å²) in [5.74, 6) is -0.180. The van der Waals surface area contributed by atoms with Gasteiger partial charge in [-0.3, -0.25) is 0 Å². The standard InChI is InChI=1S/C15H23FN2/c1-6-17-12(4)13-7-8-15(14(16)9-13)18(5)10-11(2)3/h7-9,12,17H,2,6,10H2,1,3-5H3. The normalized spacial score (nSPS) is 12.3. The van der Waals surface area contributed by atoms with Crippen LogP contribution in [0, 0.1) is 5.82 Å². The molecule has 0 aliphatic heterocycles. The smallest absolute Gasteiger partial charge is 0.146 e. The fraction of sp³-hybridized carbons (Fsp3) is 0.467. The second kappa shape index (κ2) is 6.55. The second-order valence-electron chi connectivity index (χ2n) is 4.80. The lowest BCUT2D eigenvalue weighted by Crippen LogP contribution is -2.21. The van der Waals surface area contributed by atoms with Crippen LogP contribution in [0.5, 0.6) is 0 Å². The molecule has 0 amide bonds. The number of rotatable bonds is 6. The first kappa shape index (κ1) is 14.7. The highest BCUT2D eigenvalue weighted by atomic mass is 19.1. The van der Waals surface area contributed by atoms with Gasteiger partial charge in [0.15, 0.2) is 0 Å². The zero-order valence-electron chi connectivity index (χ0n) is 11.8. The van der Waals surface area contributed by atoms with Crippen LogP contribution in [0.1, 0.15) is 32.4 Å². The predicted octanol–water partition coefficient (Wildman–Crippen LogP) is 3.51. The van der Waals surface area contributed by atoms with E-state index in [2.05, 4.69) is 11.9 Å². The number of hydrogen-bond donors (Lipinski definition) is 1. The molecule has 0 radical (unpaired) electrons. The maximum atomic E-state index is 14.1. The van der Waals surface area contributed by atoms with Gasteiger partial charge in [0.2, 0.25) is 0 Å². The Labute approximate surface area is 110 Å². The number of anilines is 1. The van der Waals surface area contributed by atoms with Gasteiger partial charge in [-0.15, -0.1) is 0 Å². The van der Waals surface area contributed by atoms with Crippen molar-refractivity contribution in [3.63, 3.8) is 0 Å². The lowest BCUT2D eigenvalue weighted by molar-refractivity contribution is 0.582. The van der Waals surface area contributed by atoms with Crippen LogP contribution in [0.25, 0.3) is 0 Å². The quantitative estimate of drug-likeness (QED) is 0.777. The molecule has 100 valence electrons. The maximum absolute atomic E-state index is 14.1. The molecule has 1 rings (SSSR count). The van der Waals surface area contributed by atoms with Crippen molar-refractivity contribution in [2.24, 2.45) is 0 Å². The van der Waals surface area contributed by atoms with Gasteiger partial charge in [0.05, 0.1) is 5.69 Å². The summed E-state index contributed by atoms with van der Waals surface area (Å²) in [5.41, 5.74) is 2.61. The molecule has 1 unspecified atom stereocenters. The Morgan fingerprint density at radius 1 is 1.50 bits per heavy atom. The minimum atomic E-state index is -0.180. The van der Waals surface area contributed by atoms with Gasteiger partial charge in [-0.1, -0.05) is 25.1 Å². The summed E-state index contributed by atoms with van der Waals surface area (Å²) < 4.78 is 14.1. The van der Waals surface area contributed by atoms with Gasteiger partial charge < -0.3 is 10.2 Å². The number of nitrogens with one attached hydrogen (secondary N) is 1. The SMILES string of the molecule is C=C(C)CN(C)c1ccc(C(C)NCC)cc1F. The molecule has 3 heteroatoms. The van der Waals surface area contributed by atoms with E-state index in [0.29, 0.717) is 12.2 Å². The van der Waals surface area contributed by atoms with Crippen LogP contribution in [-0.2, 0) is 0 Å². The van der Waals surface area contributed by atoms with Gasteiger partial charge in [0.25, 0.3) is 0 Å². The van der Waals surface area contributed by atoms with E-state index in [-0.39, 0.29) is 11.9 Å². The van der Waals surface area contributed by atoms with E-state index in [1.807, 2.05) is 44.9 Å². The largest absolute Gasteiger partial charge is 0.368 e. The van der Waals surface area contributed by atoms with Crippen molar-refractivity contribution in [3.8, 4) is 0 Å². The first-order chi connectivity index (χ1) is 8.45. The zero-order valence-corrected chi connectivity index (χ0v) is 11.8. The highest BCUT2D eigenvalue weighted by Crippen LogP contribution is 2.23. The minimum Gasteiger partial charge on any atom is -0.368 e. The molecule has 0 bridgehead atoms. The molecule has 0 heterocycles. The minimum absolute atomic E-state index is 0.171. The highest BCUT2D eigenvalue weighted by molar-refractivity contribution is 5.49. The third-order valence-corrected chi connectivity index (χ3v) is 2.90. The van der Waals surface area contributed by atoms with Crippen LogP contribution in [0.4, 0.5) is 10.1 Å². The molecule has 0 aliphatic rings. The lowest BCUT2D eigenvalue weighted by atomic mass is 10.1. The van der Waals surface area contributed by atoms with Gasteiger partial charge in [0.1, 0.15) is 5.82 Å². The van der Waals surface area contributed by atoms with Crippen molar-refractivity contribution in [1.29, 1.82) is 0 Å². The average Bonchev–Trinajstić information content (AvgIpc) is 2.28. The van der Waals surface area contributed by atoms with E-state index in [0.717, 1.165) is 17.7 Å². The summed E-state index contributed by atoms with van der Waals surface area (Å²) in [6.45, 7) is 11.4. The number of benzene rings is 1. The van der Waals surface area contributed by atoms with Gasteiger partial charge in [0, 0.05) is 19.6 Å². The van der Waals surface area contributed by atoms with Crippen molar-refractivity contribution in [3.05, 3.63) is 41.7 Å². The van der Waals surface area contributed by atoms with Crippen molar-refractivity contribution >= 4 is 5.69 Å². The maximum Gasteiger partial charge on any atom is 0.146 e.